The van der Waals surface area contributed by atoms with Gasteiger partial charge >= 0.3 is 6.03 Å². The van der Waals surface area contributed by atoms with Gasteiger partial charge in [0.15, 0.2) is 0 Å². The van der Waals surface area contributed by atoms with Crippen molar-refractivity contribution >= 4 is 29.2 Å². The summed E-state index contributed by atoms with van der Waals surface area (Å²) in [6.07, 6.45) is 0.862. The second-order valence-corrected chi connectivity index (χ2v) is 9.57. The van der Waals surface area contributed by atoms with Gasteiger partial charge in [-0.2, -0.15) is 0 Å². The van der Waals surface area contributed by atoms with E-state index < -0.39 is 12.1 Å². The van der Waals surface area contributed by atoms with E-state index in [-0.39, 0.29) is 49.0 Å². The molecule has 3 N–H and O–H groups in total. The molecule has 0 saturated heterocycles. The summed E-state index contributed by atoms with van der Waals surface area (Å²) in [5.41, 5.74) is 1.31. The molecule has 13 heteroatoms. The fourth-order valence-corrected chi connectivity index (χ4v) is 4.21. The number of ether oxygens (including phenoxy) is 1. The van der Waals surface area contributed by atoms with Crippen molar-refractivity contribution in [3.63, 3.8) is 0 Å². The number of tetrazole rings is 1. The van der Waals surface area contributed by atoms with Crippen LogP contribution in [-0.4, -0.2) is 91.8 Å². The topological polar surface area (TPSA) is 155 Å². The van der Waals surface area contributed by atoms with E-state index in [1.807, 2.05) is 25.1 Å². The first kappa shape index (κ1) is 27.5. The molecule has 0 unspecified atom stereocenters. The van der Waals surface area contributed by atoms with E-state index in [1.54, 1.807) is 49.2 Å². The van der Waals surface area contributed by atoms with Crippen LogP contribution in [0.3, 0.4) is 0 Å². The van der Waals surface area contributed by atoms with Gasteiger partial charge in [0.25, 0.3) is 5.91 Å². The molecule has 0 spiro atoms. The molecule has 3 atom stereocenters. The molecule has 1 aliphatic heterocycles. The number of urea groups is 1. The van der Waals surface area contributed by atoms with E-state index in [0.29, 0.717) is 23.7 Å². The summed E-state index contributed by atoms with van der Waals surface area (Å²) in [7, 11) is 1.68. The molecule has 2 heterocycles. The lowest BCUT2D eigenvalue weighted by atomic mass is 9.99. The zero-order chi connectivity index (χ0) is 27.9. The number of aliphatic hydroxyl groups is 1. The van der Waals surface area contributed by atoms with Crippen LogP contribution in [0.25, 0.3) is 0 Å². The fraction of sp³-hybridized carbons (Fsp3) is 0.385. The van der Waals surface area contributed by atoms with Crippen molar-refractivity contribution in [3.8, 4) is 5.75 Å². The Hall–Kier alpha value is -4.52. The molecule has 0 radical (unpaired) electrons. The highest BCUT2D eigenvalue weighted by molar-refractivity contribution is 6.00. The van der Waals surface area contributed by atoms with E-state index in [2.05, 4.69) is 26.2 Å². The number of aromatic nitrogens is 4. The zero-order valence-electron chi connectivity index (χ0n) is 22.0. The third-order valence-electron chi connectivity index (χ3n) is 6.47. The molecule has 13 nitrogen and oxygen atoms in total. The van der Waals surface area contributed by atoms with Gasteiger partial charge in [-0.3, -0.25) is 9.59 Å². The van der Waals surface area contributed by atoms with E-state index in [9.17, 15) is 19.5 Å². The number of amides is 4. The largest absolute Gasteiger partial charge is 0.487 e. The maximum Gasteiger partial charge on any atom is 0.321 e. The molecule has 4 rings (SSSR count). The number of aliphatic hydroxyl groups excluding tert-OH is 1. The average Bonchev–Trinajstić information content (AvgIpc) is 3.43. The summed E-state index contributed by atoms with van der Waals surface area (Å²) < 4.78 is 7.60. The molecule has 206 valence electrons. The second-order valence-electron chi connectivity index (χ2n) is 9.57. The lowest BCUT2D eigenvalue weighted by Gasteiger charge is -2.38. The average molecular weight is 537 g/mol. The highest BCUT2D eigenvalue weighted by atomic mass is 16.5. The van der Waals surface area contributed by atoms with Crippen molar-refractivity contribution < 1.29 is 24.2 Å². The first-order valence-electron chi connectivity index (χ1n) is 12.6. The number of likely N-dealkylation sites (N-methyl/N-ethyl adjacent to an activating group) is 1. The molecule has 0 saturated carbocycles. The standard InChI is InChI=1S/C26H32N8O5/c1-17-12-34(18(2)15-35)25(37)21-11-20(28-24(36)14-33-16-27-30-31-33)9-10-22(21)39-23(17)13-32(3)26(38)29-19-7-5-4-6-8-19/h4-11,16-18,23,35H,12-15H2,1-3H3,(H,28,36)(H,29,38)/t17-,18-,23-/m1/s1. The minimum atomic E-state index is -0.461. The van der Waals surface area contributed by atoms with Crippen LogP contribution >= 0.6 is 0 Å². The van der Waals surface area contributed by atoms with Crippen LogP contribution in [0.2, 0.25) is 0 Å². The van der Waals surface area contributed by atoms with Crippen LogP contribution < -0.4 is 15.4 Å². The second kappa shape index (κ2) is 12.3. The van der Waals surface area contributed by atoms with Gasteiger partial charge in [-0.15, -0.1) is 5.10 Å². The Morgan fingerprint density at radius 2 is 1.95 bits per heavy atom. The zero-order valence-corrected chi connectivity index (χ0v) is 22.0. The number of nitrogens with one attached hydrogen (secondary N) is 2. The van der Waals surface area contributed by atoms with Gasteiger partial charge in [-0.25, -0.2) is 9.48 Å². The molecular weight excluding hydrogens is 504 g/mol. The Kier molecular flexibility index (Phi) is 8.71. The van der Waals surface area contributed by atoms with Crippen molar-refractivity contribution in [1.29, 1.82) is 0 Å². The van der Waals surface area contributed by atoms with Gasteiger partial charge in [0.1, 0.15) is 24.7 Å². The Morgan fingerprint density at radius 1 is 1.18 bits per heavy atom. The van der Waals surface area contributed by atoms with Crippen molar-refractivity contribution in [2.75, 3.05) is 37.4 Å². The summed E-state index contributed by atoms with van der Waals surface area (Å²) in [4.78, 5) is 42.0. The summed E-state index contributed by atoms with van der Waals surface area (Å²) >= 11 is 0. The summed E-state index contributed by atoms with van der Waals surface area (Å²) in [6.45, 7) is 3.93. The summed E-state index contributed by atoms with van der Waals surface area (Å²) in [6, 6.07) is 13.2. The molecule has 0 aliphatic carbocycles. The maximum absolute atomic E-state index is 13.6. The number of nitrogens with zero attached hydrogens (tertiary/aromatic N) is 6. The van der Waals surface area contributed by atoms with Crippen molar-refractivity contribution in [2.24, 2.45) is 5.92 Å². The van der Waals surface area contributed by atoms with Gasteiger partial charge in [-0.1, -0.05) is 25.1 Å². The predicted molar refractivity (Wildman–Crippen MR) is 142 cm³/mol. The molecule has 1 aromatic heterocycles. The monoisotopic (exact) mass is 536 g/mol. The molecule has 3 aromatic rings. The van der Waals surface area contributed by atoms with Crippen LogP contribution in [0.15, 0.2) is 54.9 Å². The third kappa shape index (κ3) is 6.87. The fourth-order valence-electron chi connectivity index (χ4n) is 4.21. The normalized spacial score (nSPS) is 17.7. The number of hydrogen-bond donors (Lipinski definition) is 3. The van der Waals surface area contributed by atoms with E-state index >= 15 is 0 Å². The predicted octanol–water partition coefficient (Wildman–Crippen LogP) is 1.70. The first-order valence-corrected chi connectivity index (χ1v) is 12.6. The number of carbonyl (C=O) groups excluding carboxylic acids is 3. The highest BCUT2D eigenvalue weighted by Crippen LogP contribution is 2.30. The minimum Gasteiger partial charge on any atom is -0.487 e. The lowest BCUT2D eigenvalue weighted by molar-refractivity contribution is -0.116. The Morgan fingerprint density at radius 3 is 2.64 bits per heavy atom. The minimum absolute atomic E-state index is 0.0980. The van der Waals surface area contributed by atoms with Crippen molar-refractivity contribution in [2.45, 2.75) is 32.5 Å². The quantitative estimate of drug-likeness (QED) is 0.393. The maximum atomic E-state index is 13.6. The third-order valence-corrected chi connectivity index (χ3v) is 6.47. The molecule has 1 aliphatic rings. The van der Waals surface area contributed by atoms with Gasteiger partial charge in [-0.05, 0) is 47.7 Å². The number of carbonyl (C=O) groups is 3. The lowest BCUT2D eigenvalue weighted by Crippen LogP contribution is -2.50. The Labute approximate surface area is 225 Å². The smallest absolute Gasteiger partial charge is 0.321 e. The van der Waals surface area contributed by atoms with E-state index in [1.165, 1.54) is 15.9 Å². The summed E-state index contributed by atoms with van der Waals surface area (Å²) in [5.74, 6) is -0.552. The molecular formula is C26H32N8O5. The van der Waals surface area contributed by atoms with Crippen LogP contribution in [0.5, 0.6) is 5.75 Å². The van der Waals surface area contributed by atoms with Gasteiger partial charge in [0.05, 0.1) is 24.8 Å². The Bertz CT molecular complexity index is 1290. The van der Waals surface area contributed by atoms with Crippen LogP contribution in [0, 0.1) is 5.92 Å². The Balaban J connectivity index is 1.55. The first-order chi connectivity index (χ1) is 18.7. The molecule has 39 heavy (non-hydrogen) atoms. The molecule has 0 fully saturated rings. The molecule has 2 aromatic carbocycles. The molecule has 4 amide bonds. The van der Waals surface area contributed by atoms with Gasteiger partial charge in [0, 0.05) is 30.9 Å². The van der Waals surface area contributed by atoms with Crippen molar-refractivity contribution in [3.05, 3.63) is 60.4 Å². The number of hydrogen-bond acceptors (Lipinski definition) is 8. The molecule has 0 bridgehead atoms. The summed E-state index contributed by atoms with van der Waals surface area (Å²) in [5, 5.41) is 26.1. The number of fused-ring (bicyclic) bond motifs is 1. The van der Waals surface area contributed by atoms with Crippen molar-refractivity contribution in [1.82, 2.24) is 30.0 Å². The van der Waals surface area contributed by atoms with Gasteiger partial charge in [0.2, 0.25) is 5.91 Å². The highest BCUT2D eigenvalue weighted by Gasteiger charge is 2.34. The van der Waals surface area contributed by atoms with Crippen LogP contribution in [0.4, 0.5) is 16.2 Å². The van der Waals surface area contributed by atoms with E-state index in [4.69, 9.17) is 4.74 Å². The number of anilines is 2. The SMILES string of the molecule is C[C@@H]1CN([C@H](C)CO)C(=O)c2cc(NC(=O)Cn3cnnn3)ccc2O[C@@H]1CN(C)C(=O)Nc1ccccc1. The van der Waals surface area contributed by atoms with E-state index in [0.717, 1.165) is 0 Å². The van der Waals surface area contributed by atoms with Crippen LogP contribution in [-0.2, 0) is 11.3 Å². The number of rotatable bonds is 8. The number of para-hydroxylation sites is 1. The van der Waals surface area contributed by atoms with Gasteiger partial charge < -0.3 is 30.3 Å². The van der Waals surface area contributed by atoms with Crippen LogP contribution in [0.1, 0.15) is 24.2 Å². The number of benzene rings is 2.